The van der Waals surface area contributed by atoms with E-state index < -0.39 is 0 Å². The first-order chi connectivity index (χ1) is 13.5. The minimum atomic E-state index is -0.302. The Balaban J connectivity index is 1.53. The number of carbonyl (C=O) groups is 2. The number of carbonyl (C=O) groups excluding carboxylic acids is 2. The van der Waals surface area contributed by atoms with Crippen LogP contribution in [0.15, 0.2) is 52.9 Å². The van der Waals surface area contributed by atoms with Crippen LogP contribution in [0.3, 0.4) is 0 Å². The van der Waals surface area contributed by atoms with Gasteiger partial charge in [0, 0.05) is 11.3 Å². The van der Waals surface area contributed by atoms with Gasteiger partial charge in [0.25, 0.3) is 5.91 Å². The smallest absolute Gasteiger partial charge is 0.257 e. The highest BCUT2D eigenvalue weighted by Gasteiger charge is 2.13. The van der Waals surface area contributed by atoms with Crippen molar-refractivity contribution in [3.05, 3.63) is 59.7 Å². The summed E-state index contributed by atoms with van der Waals surface area (Å²) in [5.41, 5.74) is 2.25. The summed E-state index contributed by atoms with van der Waals surface area (Å²) in [6.07, 6.45) is 0. The Bertz CT molecular complexity index is 991. The van der Waals surface area contributed by atoms with E-state index in [0.717, 1.165) is 11.3 Å². The van der Waals surface area contributed by atoms with Crippen molar-refractivity contribution < 1.29 is 14.3 Å². The summed E-state index contributed by atoms with van der Waals surface area (Å²) >= 11 is 2.48. The van der Waals surface area contributed by atoms with Crippen molar-refractivity contribution in [1.82, 2.24) is 10.2 Å². The van der Waals surface area contributed by atoms with Crippen molar-refractivity contribution in [2.75, 3.05) is 23.5 Å². The highest BCUT2D eigenvalue weighted by atomic mass is 32.2. The molecule has 0 bridgehead atoms. The predicted octanol–water partition coefficient (Wildman–Crippen LogP) is 3.84. The van der Waals surface area contributed by atoms with Gasteiger partial charge in [-0.2, -0.15) is 0 Å². The van der Waals surface area contributed by atoms with E-state index in [2.05, 4.69) is 20.8 Å². The lowest BCUT2D eigenvalue weighted by atomic mass is 10.2. The predicted molar refractivity (Wildman–Crippen MR) is 111 cm³/mol. The van der Waals surface area contributed by atoms with Crippen molar-refractivity contribution in [1.29, 1.82) is 0 Å². The first kappa shape index (κ1) is 19.8. The third-order valence-electron chi connectivity index (χ3n) is 3.70. The van der Waals surface area contributed by atoms with E-state index in [1.54, 1.807) is 31.4 Å². The molecule has 0 fully saturated rings. The lowest BCUT2D eigenvalue weighted by molar-refractivity contribution is -0.113. The average molecular weight is 415 g/mol. The Morgan fingerprint density at radius 3 is 2.71 bits per heavy atom. The molecule has 0 aliphatic rings. The Kier molecular flexibility index (Phi) is 6.62. The molecule has 1 aromatic heterocycles. The fraction of sp³-hybridized carbons (Fsp3) is 0.158. The molecule has 1 heterocycles. The molecule has 0 atom stereocenters. The molecule has 0 saturated carbocycles. The SMILES string of the molecule is COc1cccc(C(=O)Nc2nnc(SCC(=O)Nc3ccccc3C)s2)c1. The number of amides is 2. The van der Waals surface area contributed by atoms with E-state index in [4.69, 9.17) is 4.74 Å². The number of benzene rings is 2. The number of nitrogens with one attached hydrogen (secondary N) is 2. The van der Waals surface area contributed by atoms with E-state index in [0.29, 0.717) is 20.8 Å². The van der Waals surface area contributed by atoms with Gasteiger partial charge in [0.05, 0.1) is 12.9 Å². The normalized spacial score (nSPS) is 10.4. The monoisotopic (exact) mass is 414 g/mol. The van der Waals surface area contributed by atoms with Crippen molar-refractivity contribution in [3.8, 4) is 5.75 Å². The topological polar surface area (TPSA) is 93.2 Å². The van der Waals surface area contributed by atoms with E-state index in [1.165, 1.54) is 23.1 Å². The first-order valence-corrected chi connectivity index (χ1v) is 10.1. The molecule has 28 heavy (non-hydrogen) atoms. The number of thioether (sulfide) groups is 1. The van der Waals surface area contributed by atoms with Crippen LogP contribution in [0, 0.1) is 6.92 Å². The van der Waals surface area contributed by atoms with Crippen LogP contribution in [0.1, 0.15) is 15.9 Å². The summed E-state index contributed by atoms with van der Waals surface area (Å²) in [6, 6.07) is 14.4. The summed E-state index contributed by atoms with van der Waals surface area (Å²) in [7, 11) is 1.54. The number of aryl methyl sites for hydroxylation is 1. The summed E-state index contributed by atoms with van der Waals surface area (Å²) in [4.78, 5) is 24.4. The Labute approximate surface area is 170 Å². The fourth-order valence-corrected chi connectivity index (χ4v) is 3.83. The summed E-state index contributed by atoms with van der Waals surface area (Å²) < 4.78 is 5.72. The molecule has 0 saturated heterocycles. The second-order valence-corrected chi connectivity index (χ2v) is 7.91. The third-order valence-corrected chi connectivity index (χ3v) is 5.68. The fourth-order valence-electron chi connectivity index (χ4n) is 2.28. The number of para-hydroxylation sites is 1. The van der Waals surface area contributed by atoms with E-state index >= 15 is 0 Å². The van der Waals surface area contributed by atoms with Gasteiger partial charge < -0.3 is 10.1 Å². The first-order valence-electron chi connectivity index (χ1n) is 8.32. The second-order valence-electron chi connectivity index (χ2n) is 5.71. The minimum Gasteiger partial charge on any atom is -0.497 e. The van der Waals surface area contributed by atoms with E-state index in [1.807, 2.05) is 31.2 Å². The van der Waals surface area contributed by atoms with Gasteiger partial charge in [-0.15, -0.1) is 10.2 Å². The van der Waals surface area contributed by atoms with Crippen LogP contribution < -0.4 is 15.4 Å². The molecule has 2 amide bonds. The Morgan fingerprint density at radius 2 is 1.93 bits per heavy atom. The summed E-state index contributed by atoms with van der Waals surface area (Å²) in [6.45, 7) is 1.94. The van der Waals surface area contributed by atoms with Crippen molar-refractivity contribution in [3.63, 3.8) is 0 Å². The molecule has 2 aromatic carbocycles. The largest absolute Gasteiger partial charge is 0.497 e. The molecule has 0 spiro atoms. The third kappa shape index (κ3) is 5.30. The summed E-state index contributed by atoms with van der Waals surface area (Å²) in [5.74, 6) is 0.369. The molecule has 0 aliphatic heterocycles. The molecular weight excluding hydrogens is 396 g/mol. The van der Waals surface area contributed by atoms with Gasteiger partial charge in [-0.3, -0.25) is 14.9 Å². The summed E-state index contributed by atoms with van der Waals surface area (Å²) in [5, 5.41) is 13.9. The molecule has 144 valence electrons. The average Bonchev–Trinajstić information content (AvgIpc) is 3.15. The van der Waals surface area contributed by atoms with Crippen LogP contribution in [0.5, 0.6) is 5.75 Å². The molecule has 2 N–H and O–H groups in total. The maximum atomic E-state index is 12.3. The van der Waals surface area contributed by atoms with Crippen molar-refractivity contribution in [2.45, 2.75) is 11.3 Å². The van der Waals surface area contributed by atoms with Gasteiger partial charge in [-0.05, 0) is 36.8 Å². The van der Waals surface area contributed by atoms with Gasteiger partial charge in [0.15, 0.2) is 4.34 Å². The van der Waals surface area contributed by atoms with Crippen LogP contribution in [0.4, 0.5) is 10.8 Å². The van der Waals surface area contributed by atoms with Crippen LogP contribution >= 0.6 is 23.1 Å². The maximum absolute atomic E-state index is 12.3. The number of anilines is 2. The number of hydrogen-bond acceptors (Lipinski definition) is 7. The van der Waals surface area contributed by atoms with E-state index in [9.17, 15) is 9.59 Å². The van der Waals surface area contributed by atoms with Crippen molar-refractivity contribution in [2.24, 2.45) is 0 Å². The van der Waals surface area contributed by atoms with Crippen LogP contribution in [-0.2, 0) is 4.79 Å². The number of hydrogen-bond donors (Lipinski definition) is 2. The minimum absolute atomic E-state index is 0.128. The molecule has 0 radical (unpaired) electrons. The Morgan fingerprint density at radius 1 is 1.11 bits per heavy atom. The molecule has 3 rings (SSSR count). The van der Waals surface area contributed by atoms with Crippen LogP contribution in [0.2, 0.25) is 0 Å². The van der Waals surface area contributed by atoms with Gasteiger partial charge in [-0.1, -0.05) is 47.4 Å². The van der Waals surface area contributed by atoms with Crippen LogP contribution in [0.25, 0.3) is 0 Å². The molecule has 0 aliphatic carbocycles. The highest BCUT2D eigenvalue weighted by Crippen LogP contribution is 2.26. The maximum Gasteiger partial charge on any atom is 0.257 e. The Hall–Kier alpha value is -2.91. The number of ether oxygens (including phenoxy) is 1. The number of methoxy groups -OCH3 is 1. The van der Waals surface area contributed by atoms with Crippen molar-refractivity contribution >= 4 is 45.7 Å². The zero-order chi connectivity index (χ0) is 19.9. The van der Waals surface area contributed by atoms with Gasteiger partial charge in [0.2, 0.25) is 11.0 Å². The standard InChI is InChI=1S/C19H18N4O3S2/c1-12-6-3-4-9-15(12)20-16(24)11-27-19-23-22-18(28-19)21-17(25)13-7-5-8-14(10-13)26-2/h3-10H,11H2,1-2H3,(H,20,24)(H,21,22,25). The zero-order valence-corrected chi connectivity index (χ0v) is 16.9. The molecule has 0 unspecified atom stereocenters. The van der Waals surface area contributed by atoms with Gasteiger partial charge >= 0.3 is 0 Å². The number of aromatic nitrogens is 2. The van der Waals surface area contributed by atoms with Crippen LogP contribution in [-0.4, -0.2) is 34.9 Å². The lowest BCUT2D eigenvalue weighted by Gasteiger charge is -2.06. The second kappa shape index (κ2) is 9.34. The molecular formula is C19H18N4O3S2. The van der Waals surface area contributed by atoms with Gasteiger partial charge in [-0.25, -0.2) is 0 Å². The highest BCUT2D eigenvalue weighted by molar-refractivity contribution is 8.01. The zero-order valence-electron chi connectivity index (χ0n) is 15.3. The molecule has 7 nitrogen and oxygen atoms in total. The lowest BCUT2D eigenvalue weighted by Crippen LogP contribution is -2.14. The quantitative estimate of drug-likeness (QED) is 0.451. The number of rotatable bonds is 7. The van der Waals surface area contributed by atoms with Gasteiger partial charge in [0.1, 0.15) is 5.75 Å². The number of nitrogens with zero attached hydrogens (tertiary/aromatic N) is 2. The van der Waals surface area contributed by atoms with E-state index in [-0.39, 0.29) is 17.6 Å². The molecule has 3 aromatic rings. The molecule has 9 heteroatoms.